The summed E-state index contributed by atoms with van der Waals surface area (Å²) in [6.07, 6.45) is 1.76. The maximum Gasteiger partial charge on any atom is 0.223 e. The van der Waals surface area contributed by atoms with Gasteiger partial charge in [-0.15, -0.1) is 0 Å². The third kappa shape index (κ3) is 4.61. The van der Waals surface area contributed by atoms with E-state index in [-0.39, 0.29) is 12.0 Å². The molecule has 0 atom stereocenters. The minimum Gasteiger partial charge on any atom is -0.489 e. The van der Waals surface area contributed by atoms with Crippen LogP contribution < -0.4 is 15.0 Å². The second kappa shape index (κ2) is 8.30. The van der Waals surface area contributed by atoms with Crippen LogP contribution >= 0.6 is 11.5 Å². The molecule has 28 heavy (non-hydrogen) atoms. The van der Waals surface area contributed by atoms with Gasteiger partial charge in [0.1, 0.15) is 17.3 Å². The number of aromatic nitrogens is 4. The first-order valence-electron chi connectivity index (χ1n) is 8.79. The minimum atomic E-state index is -0.0447. The van der Waals surface area contributed by atoms with Crippen molar-refractivity contribution in [3.63, 3.8) is 0 Å². The third-order valence-electron chi connectivity index (χ3n) is 3.89. The molecule has 0 aliphatic heterocycles. The average Bonchev–Trinajstić information content (AvgIpc) is 3.10. The highest BCUT2D eigenvalue weighted by Crippen LogP contribution is 2.25. The monoisotopic (exact) mass is 398 g/mol. The zero-order valence-corrected chi connectivity index (χ0v) is 17.2. The van der Waals surface area contributed by atoms with Crippen molar-refractivity contribution >= 4 is 34.1 Å². The number of anilines is 3. The molecule has 8 nitrogen and oxygen atoms in total. The summed E-state index contributed by atoms with van der Waals surface area (Å²) in [6.45, 7) is 7.31. The van der Waals surface area contributed by atoms with Crippen LogP contribution in [0.25, 0.3) is 11.5 Å². The van der Waals surface area contributed by atoms with E-state index in [9.17, 15) is 4.79 Å². The number of nitrogens with zero attached hydrogens (tertiary/aromatic N) is 5. The minimum absolute atomic E-state index is 0.0447. The number of rotatable bonds is 6. The summed E-state index contributed by atoms with van der Waals surface area (Å²) < 4.78 is 9.94. The zero-order chi connectivity index (χ0) is 20.3. The standard InChI is InChI=1S/C19H22N6O2S/c1-11(2)27-14-6-7-15(20-10-14)18-23-19(28-24-18)22-17-9-8-16(12(3)21-17)25(5)13(4)26/h6-11H,1-5H3,(H,21,22,23,24). The number of ether oxygens (including phenoxy) is 1. The van der Waals surface area contributed by atoms with Gasteiger partial charge in [0.15, 0.2) is 5.82 Å². The lowest BCUT2D eigenvalue weighted by Crippen LogP contribution is -2.24. The molecule has 0 fully saturated rings. The van der Waals surface area contributed by atoms with Gasteiger partial charge in [-0.05, 0) is 45.0 Å². The van der Waals surface area contributed by atoms with Crippen LogP contribution in [0.5, 0.6) is 5.75 Å². The first-order valence-corrected chi connectivity index (χ1v) is 9.56. The Morgan fingerprint density at radius 1 is 1.21 bits per heavy atom. The van der Waals surface area contributed by atoms with Crippen molar-refractivity contribution in [1.82, 2.24) is 19.3 Å². The molecule has 0 saturated heterocycles. The molecular weight excluding hydrogens is 376 g/mol. The van der Waals surface area contributed by atoms with Crippen molar-refractivity contribution in [1.29, 1.82) is 0 Å². The Morgan fingerprint density at radius 3 is 2.61 bits per heavy atom. The summed E-state index contributed by atoms with van der Waals surface area (Å²) in [5.41, 5.74) is 2.18. The van der Waals surface area contributed by atoms with Gasteiger partial charge in [-0.1, -0.05) is 0 Å². The lowest BCUT2D eigenvalue weighted by molar-refractivity contribution is -0.116. The molecule has 1 amide bonds. The third-order valence-corrected chi connectivity index (χ3v) is 4.52. The van der Waals surface area contributed by atoms with Crippen molar-refractivity contribution in [2.24, 2.45) is 0 Å². The predicted octanol–water partition coefficient (Wildman–Crippen LogP) is 3.82. The molecule has 0 aromatic carbocycles. The quantitative estimate of drug-likeness (QED) is 0.675. The van der Waals surface area contributed by atoms with Gasteiger partial charge in [0.2, 0.25) is 11.0 Å². The van der Waals surface area contributed by atoms with E-state index < -0.39 is 0 Å². The van der Waals surface area contributed by atoms with Crippen LogP contribution in [0.3, 0.4) is 0 Å². The predicted molar refractivity (Wildman–Crippen MR) is 110 cm³/mol. The maximum absolute atomic E-state index is 11.5. The molecule has 0 unspecified atom stereocenters. The van der Waals surface area contributed by atoms with Gasteiger partial charge in [-0.2, -0.15) is 9.36 Å². The highest BCUT2D eigenvalue weighted by atomic mass is 32.1. The van der Waals surface area contributed by atoms with E-state index in [1.807, 2.05) is 39.0 Å². The molecule has 0 spiro atoms. The Labute approximate surface area is 167 Å². The lowest BCUT2D eigenvalue weighted by atomic mass is 10.3. The van der Waals surface area contributed by atoms with Crippen LogP contribution in [-0.4, -0.2) is 38.4 Å². The molecule has 0 bridgehead atoms. The molecule has 9 heteroatoms. The Bertz CT molecular complexity index is 971. The van der Waals surface area contributed by atoms with E-state index in [1.165, 1.54) is 18.5 Å². The molecule has 3 rings (SSSR count). The van der Waals surface area contributed by atoms with Gasteiger partial charge in [0, 0.05) is 25.5 Å². The second-order valence-electron chi connectivity index (χ2n) is 6.47. The van der Waals surface area contributed by atoms with E-state index in [2.05, 4.69) is 24.6 Å². The normalized spacial score (nSPS) is 10.8. The molecule has 0 aliphatic carbocycles. The Kier molecular flexibility index (Phi) is 5.84. The van der Waals surface area contributed by atoms with Crippen LogP contribution in [0.15, 0.2) is 30.5 Å². The van der Waals surface area contributed by atoms with Crippen molar-refractivity contribution < 1.29 is 9.53 Å². The average molecular weight is 398 g/mol. The fraction of sp³-hybridized carbons (Fsp3) is 0.316. The number of nitrogens with one attached hydrogen (secondary N) is 1. The summed E-state index contributed by atoms with van der Waals surface area (Å²) in [5.74, 6) is 1.84. The van der Waals surface area contributed by atoms with Gasteiger partial charge in [-0.25, -0.2) is 9.97 Å². The van der Waals surface area contributed by atoms with Gasteiger partial charge in [0.25, 0.3) is 0 Å². The molecular formula is C19H22N6O2S. The van der Waals surface area contributed by atoms with Gasteiger partial charge in [0.05, 0.1) is 23.7 Å². The molecule has 3 heterocycles. The Balaban J connectivity index is 1.72. The molecule has 3 aromatic rings. The van der Waals surface area contributed by atoms with Crippen LogP contribution in [0.4, 0.5) is 16.6 Å². The van der Waals surface area contributed by atoms with E-state index >= 15 is 0 Å². The first-order chi connectivity index (χ1) is 13.3. The number of aryl methyl sites for hydroxylation is 1. The Morgan fingerprint density at radius 2 is 2.00 bits per heavy atom. The van der Waals surface area contributed by atoms with Crippen LogP contribution in [0.2, 0.25) is 0 Å². The van der Waals surface area contributed by atoms with E-state index in [0.29, 0.717) is 28.2 Å². The smallest absolute Gasteiger partial charge is 0.223 e. The summed E-state index contributed by atoms with van der Waals surface area (Å²) in [6, 6.07) is 7.34. The molecule has 146 valence electrons. The van der Waals surface area contributed by atoms with Crippen LogP contribution in [0, 0.1) is 6.92 Å². The van der Waals surface area contributed by atoms with Crippen molar-refractivity contribution in [2.45, 2.75) is 33.8 Å². The molecule has 0 aliphatic rings. The lowest BCUT2D eigenvalue weighted by Gasteiger charge is -2.17. The summed E-state index contributed by atoms with van der Waals surface area (Å²) in [7, 11) is 1.72. The largest absolute Gasteiger partial charge is 0.489 e. The van der Waals surface area contributed by atoms with Gasteiger partial charge in [-0.3, -0.25) is 4.79 Å². The number of hydrogen-bond donors (Lipinski definition) is 1. The van der Waals surface area contributed by atoms with Crippen LogP contribution in [-0.2, 0) is 4.79 Å². The Hall–Kier alpha value is -3.07. The van der Waals surface area contributed by atoms with Crippen molar-refractivity contribution in [3.8, 4) is 17.3 Å². The molecule has 0 saturated carbocycles. The van der Waals surface area contributed by atoms with E-state index in [4.69, 9.17) is 4.74 Å². The van der Waals surface area contributed by atoms with Crippen molar-refractivity contribution in [3.05, 3.63) is 36.2 Å². The highest BCUT2D eigenvalue weighted by Gasteiger charge is 2.12. The van der Waals surface area contributed by atoms with Crippen molar-refractivity contribution in [2.75, 3.05) is 17.3 Å². The zero-order valence-electron chi connectivity index (χ0n) is 16.4. The molecule has 0 radical (unpaired) electrons. The summed E-state index contributed by atoms with van der Waals surface area (Å²) in [4.78, 5) is 26.4. The molecule has 3 aromatic heterocycles. The highest BCUT2D eigenvalue weighted by molar-refractivity contribution is 7.09. The maximum atomic E-state index is 11.5. The number of carbonyl (C=O) groups excluding carboxylic acids is 1. The number of hydrogen-bond acceptors (Lipinski definition) is 8. The van der Waals surface area contributed by atoms with E-state index in [0.717, 1.165) is 11.4 Å². The number of carbonyl (C=O) groups is 1. The molecule has 1 N–H and O–H groups in total. The second-order valence-corrected chi connectivity index (χ2v) is 7.22. The summed E-state index contributed by atoms with van der Waals surface area (Å²) >= 11 is 1.23. The van der Waals surface area contributed by atoms with Crippen LogP contribution in [0.1, 0.15) is 26.5 Å². The fourth-order valence-corrected chi connectivity index (χ4v) is 3.07. The fourth-order valence-electron chi connectivity index (χ4n) is 2.49. The summed E-state index contributed by atoms with van der Waals surface area (Å²) in [5, 5.41) is 3.76. The number of pyridine rings is 2. The van der Waals surface area contributed by atoms with Gasteiger partial charge >= 0.3 is 0 Å². The first kappa shape index (κ1) is 19.7. The van der Waals surface area contributed by atoms with Gasteiger partial charge < -0.3 is 15.0 Å². The SMILES string of the molecule is CC(=O)N(C)c1ccc(Nc2nc(-c3ccc(OC(C)C)cn3)ns2)nc1C. The topological polar surface area (TPSA) is 93.1 Å². The van der Waals surface area contributed by atoms with E-state index in [1.54, 1.807) is 24.2 Å². The number of amides is 1.